The van der Waals surface area contributed by atoms with Crippen LogP contribution < -0.4 is 16.0 Å². The molecule has 0 radical (unpaired) electrons. The van der Waals surface area contributed by atoms with E-state index in [-0.39, 0.29) is 6.42 Å². The Morgan fingerprint density at radius 2 is 1.89 bits per heavy atom. The van der Waals surface area contributed by atoms with Crippen LogP contribution in [0.4, 0.5) is 24.8 Å². The first-order valence-corrected chi connectivity index (χ1v) is 11.8. The highest BCUT2D eigenvalue weighted by Gasteiger charge is 2.39. The molecule has 2 fully saturated rings. The second-order valence-corrected chi connectivity index (χ2v) is 8.48. The van der Waals surface area contributed by atoms with Gasteiger partial charge in [-0.2, -0.15) is 13.2 Å². The van der Waals surface area contributed by atoms with Crippen LogP contribution in [-0.4, -0.2) is 67.3 Å². The standard InChI is InChI=1S/C16H20ClN5O.C6H10F3N.CH2O/c1-18-15-6-12(13(17)8-21-15)14-9-19-10-16(22-14)20-7-11-2-4-23-5-3-11;7-6(8,9)5-3-1-2-4-10-5;1-2/h6,8-11H,2-5,7H2,1H3,(H,18,21)(H,20,22);5,10H,1-4H2;1H2. The Labute approximate surface area is 208 Å². The van der Waals surface area contributed by atoms with Crippen LogP contribution >= 0.6 is 11.6 Å². The molecule has 194 valence electrons. The quantitative estimate of drug-likeness (QED) is 0.531. The van der Waals surface area contributed by atoms with Crippen molar-refractivity contribution in [2.75, 3.05) is 44.0 Å². The monoisotopic (exact) mass is 516 g/mol. The van der Waals surface area contributed by atoms with E-state index in [1.807, 2.05) is 19.9 Å². The topological polar surface area (TPSA) is 101 Å². The number of hydrogen-bond donors (Lipinski definition) is 3. The third-order valence-electron chi connectivity index (χ3n) is 5.64. The van der Waals surface area contributed by atoms with Crippen molar-refractivity contribution in [3.8, 4) is 11.3 Å². The van der Waals surface area contributed by atoms with Gasteiger partial charge in [0.25, 0.3) is 0 Å². The van der Waals surface area contributed by atoms with Crippen LogP contribution in [0.5, 0.6) is 0 Å². The van der Waals surface area contributed by atoms with Crippen molar-refractivity contribution in [2.24, 2.45) is 5.92 Å². The van der Waals surface area contributed by atoms with E-state index in [2.05, 4.69) is 30.9 Å². The molecule has 4 rings (SSSR count). The summed E-state index contributed by atoms with van der Waals surface area (Å²) in [6, 6.07) is 0.621. The molecular weight excluding hydrogens is 485 g/mol. The lowest BCUT2D eigenvalue weighted by Crippen LogP contribution is -2.45. The second-order valence-electron chi connectivity index (χ2n) is 8.07. The van der Waals surface area contributed by atoms with Gasteiger partial charge in [-0.25, -0.2) is 9.97 Å². The van der Waals surface area contributed by atoms with Gasteiger partial charge in [0.2, 0.25) is 0 Å². The van der Waals surface area contributed by atoms with E-state index in [0.29, 0.717) is 23.9 Å². The van der Waals surface area contributed by atoms with Gasteiger partial charge in [0.15, 0.2) is 0 Å². The molecule has 2 aliphatic rings. The number of pyridine rings is 1. The average molecular weight is 517 g/mol. The number of halogens is 4. The lowest BCUT2D eigenvalue weighted by atomic mass is 10.0. The Morgan fingerprint density at radius 3 is 2.49 bits per heavy atom. The smallest absolute Gasteiger partial charge is 0.381 e. The summed E-state index contributed by atoms with van der Waals surface area (Å²) in [4.78, 5) is 21.1. The van der Waals surface area contributed by atoms with Crippen LogP contribution in [0.3, 0.4) is 0 Å². The molecule has 4 heterocycles. The second kappa shape index (κ2) is 14.8. The molecule has 0 aromatic carbocycles. The maximum absolute atomic E-state index is 11.9. The molecule has 2 aliphatic heterocycles. The number of rotatable bonds is 5. The van der Waals surface area contributed by atoms with Crippen molar-refractivity contribution in [3.05, 3.63) is 29.7 Å². The van der Waals surface area contributed by atoms with E-state index in [1.54, 1.807) is 18.6 Å². The summed E-state index contributed by atoms with van der Waals surface area (Å²) in [5, 5.41) is 9.36. The number of piperidine rings is 1. The Morgan fingerprint density at radius 1 is 1.14 bits per heavy atom. The molecule has 0 bridgehead atoms. The Balaban J connectivity index is 0.000000302. The first kappa shape index (κ1) is 28.7. The van der Waals surface area contributed by atoms with Crippen LogP contribution in [0.25, 0.3) is 11.3 Å². The summed E-state index contributed by atoms with van der Waals surface area (Å²) < 4.78 is 41.0. The van der Waals surface area contributed by atoms with E-state index in [1.165, 1.54) is 0 Å². The summed E-state index contributed by atoms with van der Waals surface area (Å²) in [6.07, 6.45) is 4.99. The summed E-state index contributed by atoms with van der Waals surface area (Å²) >= 11 is 6.25. The van der Waals surface area contributed by atoms with Gasteiger partial charge in [-0.3, -0.25) is 4.98 Å². The number of hydrogen-bond acceptors (Lipinski definition) is 8. The largest absolute Gasteiger partial charge is 0.403 e. The van der Waals surface area contributed by atoms with Crippen molar-refractivity contribution < 1.29 is 22.7 Å². The summed E-state index contributed by atoms with van der Waals surface area (Å²) in [5.74, 6) is 2.12. The number of anilines is 2. The van der Waals surface area contributed by atoms with E-state index < -0.39 is 12.2 Å². The number of carbonyl (C=O) groups is 1. The molecule has 1 atom stereocenters. The van der Waals surface area contributed by atoms with Gasteiger partial charge in [-0.05, 0) is 44.2 Å². The lowest BCUT2D eigenvalue weighted by Gasteiger charge is -2.25. The van der Waals surface area contributed by atoms with Crippen molar-refractivity contribution in [2.45, 2.75) is 44.3 Å². The van der Waals surface area contributed by atoms with Gasteiger partial charge in [0, 0.05) is 38.6 Å². The Hall–Kier alpha value is -2.50. The zero-order valence-corrected chi connectivity index (χ0v) is 20.5. The zero-order chi connectivity index (χ0) is 25.7. The summed E-state index contributed by atoms with van der Waals surface area (Å²) in [7, 11) is 1.82. The molecule has 3 N–H and O–H groups in total. The molecule has 0 amide bonds. The lowest BCUT2D eigenvalue weighted by molar-refractivity contribution is -0.160. The fourth-order valence-corrected chi connectivity index (χ4v) is 3.88. The molecular formula is C23H32ClF3N6O2. The molecule has 0 spiro atoms. The van der Waals surface area contributed by atoms with Crippen molar-refractivity contribution in [1.82, 2.24) is 20.3 Å². The molecule has 2 aromatic rings. The number of alkyl halides is 3. The van der Waals surface area contributed by atoms with Crippen LogP contribution in [0, 0.1) is 5.92 Å². The Kier molecular flexibility index (Phi) is 12.1. The van der Waals surface area contributed by atoms with E-state index in [9.17, 15) is 13.2 Å². The van der Waals surface area contributed by atoms with Crippen molar-refractivity contribution >= 4 is 30.0 Å². The number of nitrogens with one attached hydrogen (secondary N) is 3. The first-order valence-electron chi connectivity index (χ1n) is 11.4. The molecule has 0 aliphatic carbocycles. The van der Waals surface area contributed by atoms with E-state index in [4.69, 9.17) is 21.1 Å². The van der Waals surface area contributed by atoms with Gasteiger partial charge < -0.3 is 25.5 Å². The average Bonchev–Trinajstić information content (AvgIpc) is 2.90. The molecule has 35 heavy (non-hydrogen) atoms. The molecule has 12 heteroatoms. The van der Waals surface area contributed by atoms with Gasteiger partial charge in [-0.15, -0.1) is 0 Å². The van der Waals surface area contributed by atoms with Crippen LogP contribution in [-0.2, 0) is 9.53 Å². The third kappa shape index (κ3) is 9.58. The summed E-state index contributed by atoms with van der Waals surface area (Å²) in [5.41, 5.74) is 1.54. The summed E-state index contributed by atoms with van der Waals surface area (Å²) in [6.45, 7) is 5.08. The fraction of sp³-hybridized carbons (Fsp3) is 0.565. The van der Waals surface area contributed by atoms with Crippen LogP contribution in [0.1, 0.15) is 32.1 Å². The van der Waals surface area contributed by atoms with Gasteiger partial charge in [0.1, 0.15) is 24.5 Å². The van der Waals surface area contributed by atoms with Crippen molar-refractivity contribution in [1.29, 1.82) is 0 Å². The minimum absolute atomic E-state index is 0.240. The minimum Gasteiger partial charge on any atom is -0.381 e. The molecule has 0 saturated carbocycles. The number of carbonyl (C=O) groups excluding carboxylic acids is 1. The highest BCUT2D eigenvalue weighted by atomic mass is 35.5. The highest BCUT2D eigenvalue weighted by molar-refractivity contribution is 6.33. The number of aromatic nitrogens is 3. The molecule has 8 nitrogen and oxygen atoms in total. The van der Waals surface area contributed by atoms with Gasteiger partial charge in [-0.1, -0.05) is 18.0 Å². The highest BCUT2D eigenvalue weighted by Crippen LogP contribution is 2.28. The number of nitrogens with zero attached hydrogens (tertiary/aromatic N) is 3. The Bertz CT molecular complexity index is 894. The zero-order valence-electron chi connectivity index (χ0n) is 19.7. The van der Waals surface area contributed by atoms with E-state index in [0.717, 1.165) is 61.9 Å². The van der Waals surface area contributed by atoms with E-state index >= 15 is 0 Å². The number of ether oxygens (including phenoxy) is 1. The van der Waals surface area contributed by atoms with Crippen molar-refractivity contribution in [3.63, 3.8) is 0 Å². The minimum atomic E-state index is -4.04. The fourth-order valence-electron chi connectivity index (χ4n) is 3.68. The van der Waals surface area contributed by atoms with Gasteiger partial charge >= 0.3 is 6.18 Å². The predicted molar refractivity (Wildman–Crippen MR) is 131 cm³/mol. The third-order valence-corrected chi connectivity index (χ3v) is 5.94. The van der Waals surface area contributed by atoms with Crippen LogP contribution in [0.15, 0.2) is 24.7 Å². The normalized spacial score (nSPS) is 18.4. The first-order chi connectivity index (χ1) is 16.9. The maximum atomic E-state index is 11.9. The SMILES string of the molecule is C=O.CNc1cc(-c2cncc(NCC3CCOCC3)n2)c(Cl)cn1.FC(F)(F)C1CCCCN1. The van der Waals surface area contributed by atoms with Gasteiger partial charge in [0.05, 0.1) is 23.1 Å². The molecule has 2 aromatic heterocycles. The predicted octanol–water partition coefficient (Wildman–Crippen LogP) is 4.58. The van der Waals surface area contributed by atoms with Crippen LogP contribution in [0.2, 0.25) is 5.02 Å². The molecule has 2 saturated heterocycles. The maximum Gasteiger partial charge on any atom is 0.403 e. The molecule has 1 unspecified atom stereocenters.